The molecule has 4 aromatic rings. The third kappa shape index (κ3) is 4.02. The first-order valence-electron chi connectivity index (χ1n) is 9.12. The number of hydrogen-bond donors (Lipinski definition) is 1. The van der Waals surface area contributed by atoms with E-state index in [0.29, 0.717) is 39.5 Å². The maximum Gasteiger partial charge on any atom is 0.259 e. The third-order valence-corrected chi connectivity index (χ3v) is 5.54. The minimum absolute atomic E-state index is 0.115. The number of benzene rings is 2. The standard InChI is InChI=1S/C22H16FN5OS/c1-12-13(2)27-20-18(8-16(23)9-19(20)26-12)21(29)28-22-25-11-17(30-22)7-14-3-5-15(10-24)6-4-14/h3-6,8-9,11H,7H2,1-2H3,(H,25,28,29). The van der Waals surface area contributed by atoms with Gasteiger partial charge in [-0.05, 0) is 37.6 Å². The lowest BCUT2D eigenvalue weighted by molar-refractivity contribution is 0.102. The largest absolute Gasteiger partial charge is 0.298 e. The number of aryl methyl sites for hydroxylation is 2. The molecular weight excluding hydrogens is 401 g/mol. The topological polar surface area (TPSA) is 91.6 Å². The fourth-order valence-corrected chi connectivity index (χ4v) is 3.82. The first kappa shape index (κ1) is 19.6. The number of rotatable bonds is 4. The van der Waals surface area contributed by atoms with Gasteiger partial charge in [0.1, 0.15) is 11.3 Å². The predicted octanol–water partition coefficient (Wildman–Crippen LogP) is 4.56. The molecule has 0 saturated carbocycles. The van der Waals surface area contributed by atoms with Gasteiger partial charge in [-0.2, -0.15) is 5.26 Å². The maximum absolute atomic E-state index is 14.0. The van der Waals surface area contributed by atoms with E-state index in [0.717, 1.165) is 16.5 Å². The Hall–Kier alpha value is -3.70. The van der Waals surface area contributed by atoms with Crippen molar-refractivity contribution in [2.45, 2.75) is 20.3 Å². The number of nitrogens with one attached hydrogen (secondary N) is 1. The van der Waals surface area contributed by atoms with Crippen LogP contribution >= 0.6 is 11.3 Å². The number of carbonyl (C=O) groups excluding carboxylic acids is 1. The average Bonchev–Trinajstić information content (AvgIpc) is 3.16. The molecule has 0 bridgehead atoms. The van der Waals surface area contributed by atoms with Gasteiger partial charge in [0.25, 0.3) is 5.91 Å². The average molecular weight is 417 g/mol. The number of nitrogens with zero attached hydrogens (tertiary/aromatic N) is 4. The molecule has 1 amide bonds. The van der Waals surface area contributed by atoms with E-state index in [9.17, 15) is 9.18 Å². The van der Waals surface area contributed by atoms with E-state index < -0.39 is 11.7 Å². The monoisotopic (exact) mass is 417 g/mol. The minimum Gasteiger partial charge on any atom is -0.298 e. The summed E-state index contributed by atoms with van der Waals surface area (Å²) in [5.74, 6) is -1.04. The Morgan fingerprint density at radius 1 is 1.17 bits per heavy atom. The van der Waals surface area contributed by atoms with Crippen molar-refractivity contribution in [3.63, 3.8) is 0 Å². The molecule has 0 aliphatic rings. The number of thiazole rings is 1. The molecule has 2 aromatic carbocycles. The molecule has 0 spiro atoms. The summed E-state index contributed by atoms with van der Waals surface area (Å²) >= 11 is 1.34. The van der Waals surface area contributed by atoms with Gasteiger partial charge in [0.2, 0.25) is 0 Å². The van der Waals surface area contributed by atoms with E-state index in [1.54, 1.807) is 32.2 Å². The molecule has 4 rings (SSSR count). The first-order chi connectivity index (χ1) is 14.4. The number of halogens is 1. The highest BCUT2D eigenvalue weighted by Gasteiger charge is 2.17. The van der Waals surface area contributed by atoms with Crippen LogP contribution in [0, 0.1) is 31.0 Å². The van der Waals surface area contributed by atoms with E-state index in [2.05, 4.69) is 26.3 Å². The summed E-state index contributed by atoms with van der Waals surface area (Å²) in [6.45, 7) is 3.58. The van der Waals surface area contributed by atoms with Crippen LogP contribution in [0.5, 0.6) is 0 Å². The lowest BCUT2D eigenvalue weighted by Crippen LogP contribution is -2.13. The Labute approximate surface area is 176 Å². The van der Waals surface area contributed by atoms with Crippen LogP contribution in [-0.2, 0) is 6.42 Å². The van der Waals surface area contributed by atoms with E-state index in [4.69, 9.17) is 5.26 Å². The molecule has 0 fully saturated rings. The second kappa shape index (κ2) is 7.97. The first-order valence-corrected chi connectivity index (χ1v) is 9.94. The van der Waals surface area contributed by atoms with E-state index in [1.807, 2.05) is 12.1 Å². The summed E-state index contributed by atoms with van der Waals surface area (Å²) in [4.78, 5) is 26.8. The van der Waals surface area contributed by atoms with Crippen molar-refractivity contribution < 1.29 is 9.18 Å². The number of fused-ring (bicyclic) bond motifs is 1. The highest BCUT2D eigenvalue weighted by atomic mass is 32.1. The van der Waals surface area contributed by atoms with Crippen LogP contribution in [0.3, 0.4) is 0 Å². The summed E-state index contributed by atoms with van der Waals surface area (Å²) in [5.41, 5.74) is 3.81. The molecule has 148 valence electrons. The molecule has 0 atom stereocenters. The van der Waals surface area contributed by atoms with Crippen molar-refractivity contribution in [3.05, 3.63) is 81.4 Å². The fraction of sp³-hybridized carbons (Fsp3) is 0.136. The zero-order chi connectivity index (χ0) is 21.3. The van der Waals surface area contributed by atoms with Crippen molar-refractivity contribution in [2.75, 3.05) is 5.32 Å². The molecule has 2 aromatic heterocycles. The van der Waals surface area contributed by atoms with E-state index >= 15 is 0 Å². The molecule has 0 aliphatic carbocycles. The number of carbonyl (C=O) groups is 1. The van der Waals surface area contributed by atoms with Gasteiger partial charge in [0.15, 0.2) is 5.13 Å². The Balaban J connectivity index is 1.56. The lowest BCUT2D eigenvalue weighted by atomic mass is 10.1. The van der Waals surface area contributed by atoms with Crippen molar-refractivity contribution in [2.24, 2.45) is 0 Å². The van der Waals surface area contributed by atoms with Crippen LogP contribution in [0.1, 0.15) is 37.7 Å². The van der Waals surface area contributed by atoms with Gasteiger partial charge in [-0.1, -0.05) is 12.1 Å². The molecule has 6 nitrogen and oxygen atoms in total. The summed E-state index contributed by atoms with van der Waals surface area (Å²) in [5, 5.41) is 12.0. The van der Waals surface area contributed by atoms with Crippen LogP contribution in [-0.4, -0.2) is 20.9 Å². The number of amides is 1. The number of anilines is 1. The van der Waals surface area contributed by atoms with Crippen molar-refractivity contribution >= 4 is 33.4 Å². The van der Waals surface area contributed by atoms with Crippen molar-refractivity contribution in [1.29, 1.82) is 5.26 Å². The van der Waals surface area contributed by atoms with Gasteiger partial charge in [-0.15, -0.1) is 11.3 Å². The van der Waals surface area contributed by atoms with Crippen LogP contribution < -0.4 is 5.32 Å². The highest BCUT2D eigenvalue weighted by molar-refractivity contribution is 7.15. The molecule has 8 heteroatoms. The van der Waals surface area contributed by atoms with E-state index in [-0.39, 0.29) is 5.56 Å². The van der Waals surface area contributed by atoms with Crippen LogP contribution in [0.2, 0.25) is 0 Å². The summed E-state index contributed by atoms with van der Waals surface area (Å²) in [7, 11) is 0. The minimum atomic E-state index is -0.550. The molecule has 0 radical (unpaired) electrons. The number of nitriles is 1. The SMILES string of the molecule is Cc1nc2cc(F)cc(C(=O)Nc3ncc(Cc4ccc(C#N)cc4)s3)c2nc1C. The van der Waals surface area contributed by atoms with Gasteiger partial charge in [-0.25, -0.2) is 19.3 Å². The molecule has 1 N–H and O–H groups in total. The summed E-state index contributed by atoms with van der Waals surface area (Å²) < 4.78 is 14.0. The van der Waals surface area contributed by atoms with Crippen LogP contribution in [0.15, 0.2) is 42.6 Å². The summed E-state index contributed by atoms with van der Waals surface area (Å²) in [6.07, 6.45) is 2.32. The Morgan fingerprint density at radius 3 is 2.63 bits per heavy atom. The number of aromatic nitrogens is 3. The van der Waals surface area contributed by atoms with Gasteiger partial charge >= 0.3 is 0 Å². The van der Waals surface area contributed by atoms with Gasteiger partial charge in [0.05, 0.1) is 34.1 Å². The smallest absolute Gasteiger partial charge is 0.259 e. The zero-order valence-corrected chi connectivity index (χ0v) is 17.0. The van der Waals surface area contributed by atoms with Crippen LogP contribution in [0.4, 0.5) is 9.52 Å². The van der Waals surface area contributed by atoms with Crippen LogP contribution in [0.25, 0.3) is 11.0 Å². The normalized spacial score (nSPS) is 10.7. The number of hydrogen-bond acceptors (Lipinski definition) is 6. The van der Waals surface area contributed by atoms with Gasteiger partial charge in [-0.3, -0.25) is 10.1 Å². The fourth-order valence-electron chi connectivity index (χ4n) is 2.98. The predicted molar refractivity (Wildman–Crippen MR) is 113 cm³/mol. The molecule has 0 saturated heterocycles. The Bertz CT molecular complexity index is 1310. The van der Waals surface area contributed by atoms with Crippen molar-refractivity contribution in [3.8, 4) is 6.07 Å². The van der Waals surface area contributed by atoms with Gasteiger partial charge < -0.3 is 0 Å². The summed E-state index contributed by atoms with van der Waals surface area (Å²) in [6, 6.07) is 11.8. The van der Waals surface area contributed by atoms with Crippen molar-refractivity contribution in [1.82, 2.24) is 15.0 Å². The second-order valence-corrected chi connectivity index (χ2v) is 7.90. The van der Waals surface area contributed by atoms with E-state index in [1.165, 1.54) is 17.4 Å². The quantitative estimate of drug-likeness (QED) is 0.526. The second-order valence-electron chi connectivity index (χ2n) is 6.79. The lowest BCUT2D eigenvalue weighted by Gasteiger charge is -2.08. The molecular formula is C22H16FN5OS. The Morgan fingerprint density at radius 2 is 1.90 bits per heavy atom. The Kier molecular flexibility index (Phi) is 5.21. The third-order valence-electron chi connectivity index (χ3n) is 4.63. The molecule has 0 unspecified atom stereocenters. The molecule has 2 heterocycles. The molecule has 30 heavy (non-hydrogen) atoms. The zero-order valence-electron chi connectivity index (χ0n) is 16.2. The van der Waals surface area contributed by atoms with Gasteiger partial charge in [0, 0.05) is 23.6 Å². The maximum atomic E-state index is 14.0. The molecule has 0 aliphatic heterocycles. The highest BCUT2D eigenvalue weighted by Crippen LogP contribution is 2.24.